The van der Waals surface area contributed by atoms with Gasteiger partial charge in [0.15, 0.2) is 0 Å². The summed E-state index contributed by atoms with van der Waals surface area (Å²) in [6.07, 6.45) is 2.04. The Bertz CT molecular complexity index is 519. The maximum Gasteiger partial charge on any atom is 0.227 e. The number of benzene rings is 1. The normalized spacial score (nSPS) is 15.8. The van der Waals surface area contributed by atoms with Crippen LogP contribution in [0.3, 0.4) is 0 Å². The van der Waals surface area contributed by atoms with Gasteiger partial charge in [-0.1, -0.05) is 19.1 Å². The molecule has 0 aromatic heterocycles. The lowest BCUT2D eigenvalue weighted by Crippen LogP contribution is -2.38. The van der Waals surface area contributed by atoms with Crippen LogP contribution in [-0.4, -0.2) is 12.5 Å². The number of rotatable bonds is 4. The Morgan fingerprint density at radius 1 is 1.47 bits per heavy atom. The molecule has 0 fully saturated rings. The molecule has 0 radical (unpaired) electrons. The Balaban J connectivity index is 2.30. The van der Waals surface area contributed by atoms with Crippen molar-refractivity contribution in [2.24, 2.45) is 11.7 Å². The van der Waals surface area contributed by atoms with Gasteiger partial charge in [-0.15, -0.1) is 0 Å². The maximum absolute atomic E-state index is 12.1. The fourth-order valence-corrected chi connectivity index (χ4v) is 2.42. The average molecular weight is 257 g/mol. The van der Waals surface area contributed by atoms with E-state index in [1.54, 1.807) is 4.90 Å². The van der Waals surface area contributed by atoms with Gasteiger partial charge in [-0.2, -0.15) is 5.26 Å². The summed E-state index contributed by atoms with van der Waals surface area (Å²) in [6, 6.07) is 8.24. The minimum absolute atomic E-state index is 0.107. The number of carbonyl (C=O) groups is 1. The van der Waals surface area contributed by atoms with Crippen LogP contribution in [0.1, 0.15) is 30.9 Å². The molecule has 2 rings (SSSR count). The van der Waals surface area contributed by atoms with Gasteiger partial charge in [-0.25, -0.2) is 0 Å². The summed E-state index contributed by atoms with van der Waals surface area (Å²) in [5.74, 6) is 0.00536. The first-order valence-corrected chi connectivity index (χ1v) is 6.71. The number of hydrogen-bond donors (Lipinski definition) is 1. The molecule has 0 saturated carbocycles. The second-order valence-corrected chi connectivity index (χ2v) is 4.91. The summed E-state index contributed by atoms with van der Waals surface area (Å²) in [6.45, 7) is 2.97. The van der Waals surface area contributed by atoms with E-state index in [0.717, 1.165) is 29.7 Å². The van der Waals surface area contributed by atoms with E-state index in [-0.39, 0.29) is 11.8 Å². The second kappa shape index (κ2) is 5.85. The Labute approximate surface area is 113 Å². The van der Waals surface area contributed by atoms with E-state index in [1.807, 2.05) is 19.1 Å². The summed E-state index contributed by atoms with van der Waals surface area (Å²) in [5, 5.41) is 9.07. The minimum Gasteiger partial charge on any atom is -0.326 e. The molecule has 100 valence electrons. The molecule has 1 heterocycles. The van der Waals surface area contributed by atoms with Crippen molar-refractivity contribution in [3.05, 3.63) is 29.3 Å². The number of aryl methyl sites for hydroxylation is 1. The van der Waals surface area contributed by atoms with Crippen LogP contribution < -0.4 is 10.6 Å². The number of nitrogens with zero attached hydrogens (tertiary/aromatic N) is 2. The van der Waals surface area contributed by atoms with Gasteiger partial charge in [0.05, 0.1) is 12.0 Å². The molecule has 0 spiro atoms. The fourth-order valence-electron chi connectivity index (χ4n) is 2.42. The van der Waals surface area contributed by atoms with Gasteiger partial charge in [0.1, 0.15) is 0 Å². The van der Waals surface area contributed by atoms with Crippen molar-refractivity contribution in [2.75, 3.05) is 11.4 Å². The maximum atomic E-state index is 12.1. The van der Waals surface area contributed by atoms with Crippen molar-refractivity contribution in [2.45, 2.75) is 32.7 Å². The molecule has 0 saturated heterocycles. The van der Waals surface area contributed by atoms with Crippen LogP contribution in [0.5, 0.6) is 0 Å². The summed E-state index contributed by atoms with van der Waals surface area (Å²) in [5.41, 5.74) is 8.84. The molecule has 19 heavy (non-hydrogen) atoms. The highest BCUT2D eigenvalue weighted by Crippen LogP contribution is 2.29. The topological polar surface area (TPSA) is 70.1 Å². The van der Waals surface area contributed by atoms with Crippen LogP contribution in [-0.2, 0) is 17.8 Å². The Morgan fingerprint density at radius 3 is 2.89 bits per heavy atom. The third kappa shape index (κ3) is 2.77. The van der Waals surface area contributed by atoms with Gasteiger partial charge in [-0.05, 0) is 30.0 Å². The SMILES string of the molecule is CCC(C#N)CN1C(=O)CCc2cc(CN)ccc21. The summed E-state index contributed by atoms with van der Waals surface area (Å²) in [7, 11) is 0. The number of hydrogen-bond acceptors (Lipinski definition) is 3. The van der Waals surface area contributed by atoms with Gasteiger partial charge >= 0.3 is 0 Å². The lowest BCUT2D eigenvalue weighted by atomic mass is 9.97. The van der Waals surface area contributed by atoms with E-state index < -0.39 is 0 Å². The molecular weight excluding hydrogens is 238 g/mol. The molecule has 1 unspecified atom stereocenters. The molecule has 2 N–H and O–H groups in total. The van der Waals surface area contributed by atoms with E-state index >= 15 is 0 Å². The first kappa shape index (κ1) is 13.6. The van der Waals surface area contributed by atoms with Gasteiger partial charge in [0.2, 0.25) is 5.91 Å². The van der Waals surface area contributed by atoms with E-state index in [1.165, 1.54) is 0 Å². The quantitative estimate of drug-likeness (QED) is 0.896. The van der Waals surface area contributed by atoms with Crippen LogP contribution in [0.2, 0.25) is 0 Å². The summed E-state index contributed by atoms with van der Waals surface area (Å²) < 4.78 is 0. The third-order valence-electron chi connectivity index (χ3n) is 3.66. The number of nitriles is 1. The van der Waals surface area contributed by atoms with Gasteiger partial charge in [0.25, 0.3) is 0 Å². The molecule has 0 aliphatic carbocycles. The van der Waals surface area contributed by atoms with Gasteiger partial charge in [0, 0.05) is 25.2 Å². The fraction of sp³-hybridized carbons (Fsp3) is 0.467. The predicted octanol–water partition coefficient (Wildman–Crippen LogP) is 1.97. The molecule has 1 amide bonds. The van der Waals surface area contributed by atoms with Crippen molar-refractivity contribution in [3.8, 4) is 6.07 Å². The largest absolute Gasteiger partial charge is 0.326 e. The molecule has 1 atom stereocenters. The number of carbonyl (C=O) groups excluding carboxylic acids is 1. The smallest absolute Gasteiger partial charge is 0.227 e. The molecular formula is C15H19N3O. The second-order valence-electron chi connectivity index (χ2n) is 4.91. The van der Waals surface area contributed by atoms with Gasteiger partial charge in [-0.3, -0.25) is 4.79 Å². The Hall–Kier alpha value is -1.86. The predicted molar refractivity (Wildman–Crippen MR) is 74.4 cm³/mol. The highest BCUT2D eigenvalue weighted by Gasteiger charge is 2.26. The number of amides is 1. The standard InChI is InChI=1S/C15H19N3O/c1-2-11(8-16)10-18-14-5-3-12(9-17)7-13(14)4-6-15(18)19/h3,5,7,11H,2,4,6,9-10,17H2,1H3. The van der Waals surface area contributed by atoms with E-state index in [0.29, 0.717) is 19.5 Å². The van der Waals surface area contributed by atoms with Crippen LogP contribution in [0.25, 0.3) is 0 Å². The minimum atomic E-state index is -0.107. The van der Waals surface area contributed by atoms with E-state index in [2.05, 4.69) is 12.1 Å². The van der Waals surface area contributed by atoms with Crippen LogP contribution in [0.15, 0.2) is 18.2 Å². The number of fused-ring (bicyclic) bond motifs is 1. The average Bonchev–Trinajstić information content (AvgIpc) is 2.46. The van der Waals surface area contributed by atoms with Crippen molar-refractivity contribution in [3.63, 3.8) is 0 Å². The van der Waals surface area contributed by atoms with Crippen LogP contribution in [0, 0.1) is 17.2 Å². The van der Waals surface area contributed by atoms with Crippen LogP contribution in [0.4, 0.5) is 5.69 Å². The Kier molecular flexibility index (Phi) is 4.18. The van der Waals surface area contributed by atoms with Crippen molar-refractivity contribution >= 4 is 11.6 Å². The lowest BCUT2D eigenvalue weighted by molar-refractivity contribution is -0.119. The van der Waals surface area contributed by atoms with Crippen molar-refractivity contribution < 1.29 is 4.79 Å². The highest BCUT2D eigenvalue weighted by atomic mass is 16.2. The third-order valence-corrected chi connectivity index (χ3v) is 3.66. The van der Waals surface area contributed by atoms with Crippen molar-refractivity contribution in [1.82, 2.24) is 0 Å². The van der Waals surface area contributed by atoms with E-state index in [9.17, 15) is 4.79 Å². The zero-order valence-corrected chi connectivity index (χ0v) is 11.2. The number of anilines is 1. The molecule has 4 heteroatoms. The Morgan fingerprint density at radius 2 is 2.26 bits per heavy atom. The molecule has 1 aliphatic rings. The molecule has 1 aliphatic heterocycles. The molecule has 1 aromatic carbocycles. The van der Waals surface area contributed by atoms with Crippen LogP contribution >= 0.6 is 0 Å². The zero-order chi connectivity index (χ0) is 13.8. The monoisotopic (exact) mass is 257 g/mol. The summed E-state index contributed by atoms with van der Waals surface area (Å²) in [4.78, 5) is 13.8. The van der Waals surface area contributed by atoms with Crippen molar-refractivity contribution in [1.29, 1.82) is 5.26 Å². The molecule has 0 bridgehead atoms. The zero-order valence-electron chi connectivity index (χ0n) is 11.2. The number of nitrogens with two attached hydrogens (primary N) is 1. The highest BCUT2D eigenvalue weighted by molar-refractivity contribution is 5.96. The van der Waals surface area contributed by atoms with Gasteiger partial charge < -0.3 is 10.6 Å². The molecule has 4 nitrogen and oxygen atoms in total. The lowest BCUT2D eigenvalue weighted by Gasteiger charge is -2.31. The molecule has 1 aromatic rings. The first-order valence-electron chi connectivity index (χ1n) is 6.71. The van der Waals surface area contributed by atoms with E-state index in [4.69, 9.17) is 11.0 Å². The summed E-state index contributed by atoms with van der Waals surface area (Å²) >= 11 is 0. The first-order chi connectivity index (χ1) is 9.19.